The van der Waals surface area contributed by atoms with Crippen LogP contribution in [0.2, 0.25) is 0 Å². The average Bonchev–Trinajstić information content (AvgIpc) is 2.93. The molecular weight excluding hydrogens is 292 g/mol. The Morgan fingerprint density at radius 2 is 1.96 bits per heavy atom. The van der Waals surface area contributed by atoms with Crippen molar-refractivity contribution in [1.29, 1.82) is 0 Å². The Morgan fingerprint density at radius 1 is 1.22 bits per heavy atom. The molecule has 0 amide bonds. The number of methoxy groups -OCH3 is 1. The molecule has 0 aliphatic carbocycles. The Kier molecular flexibility index (Phi) is 3.85. The molecule has 0 aliphatic rings. The first-order chi connectivity index (χ1) is 11.1. The van der Waals surface area contributed by atoms with E-state index < -0.39 is 5.97 Å². The van der Waals surface area contributed by atoms with Crippen molar-refractivity contribution in [1.82, 2.24) is 9.55 Å². The molecule has 1 aromatic carbocycles. The number of nitrogens with zero attached hydrogens (tertiary/aromatic N) is 2. The van der Waals surface area contributed by atoms with Crippen LogP contribution in [0.1, 0.15) is 16.1 Å². The maximum atomic E-state index is 11.5. The second-order valence-corrected chi connectivity index (χ2v) is 5.11. The van der Waals surface area contributed by atoms with Crippen molar-refractivity contribution in [3.63, 3.8) is 0 Å². The average molecular weight is 308 g/mol. The minimum atomic E-state index is -0.945. The van der Waals surface area contributed by atoms with Crippen LogP contribution >= 0.6 is 0 Å². The van der Waals surface area contributed by atoms with E-state index in [-0.39, 0.29) is 5.56 Å². The molecule has 0 unspecified atom stereocenters. The molecular formula is C18H16N2O3. The molecule has 0 fully saturated rings. The number of aromatic nitrogens is 2. The van der Waals surface area contributed by atoms with Crippen molar-refractivity contribution >= 4 is 5.97 Å². The van der Waals surface area contributed by atoms with E-state index in [0.717, 1.165) is 22.7 Å². The predicted molar refractivity (Wildman–Crippen MR) is 87.2 cm³/mol. The summed E-state index contributed by atoms with van der Waals surface area (Å²) in [5.74, 6) is -0.191. The maximum Gasteiger partial charge on any atom is 0.337 e. The Hall–Kier alpha value is -3.08. The molecule has 0 aliphatic heterocycles. The Morgan fingerprint density at radius 3 is 2.52 bits per heavy atom. The van der Waals surface area contributed by atoms with Gasteiger partial charge in [-0.15, -0.1) is 0 Å². The fourth-order valence-corrected chi connectivity index (χ4v) is 2.62. The first-order valence-corrected chi connectivity index (χ1v) is 7.12. The first kappa shape index (κ1) is 14.8. The smallest absolute Gasteiger partial charge is 0.337 e. The van der Waals surface area contributed by atoms with E-state index in [0.29, 0.717) is 5.69 Å². The Balaban J connectivity index is 2.22. The topological polar surface area (TPSA) is 64.3 Å². The van der Waals surface area contributed by atoms with Crippen LogP contribution in [0.25, 0.3) is 16.9 Å². The van der Waals surface area contributed by atoms with Crippen LogP contribution < -0.4 is 4.74 Å². The molecule has 3 rings (SSSR count). The van der Waals surface area contributed by atoms with Gasteiger partial charge in [-0.1, -0.05) is 0 Å². The molecule has 5 nitrogen and oxygen atoms in total. The predicted octanol–water partition coefficient (Wildman–Crippen LogP) is 3.55. The molecule has 0 saturated carbocycles. The van der Waals surface area contributed by atoms with Crippen molar-refractivity contribution < 1.29 is 14.6 Å². The van der Waals surface area contributed by atoms with E-state index in [9.17, 15) is 9.90 Å². The minimum Gasteiger partial charge on any atom is -0.497 e. The van der Waals surface area contributed by atoms with Gasteiger partial charge in [-0.3, -0.25) is 4.98 Å². The Labute approximate surface area is 133 Å². The van der Waals surface area contributed by atoms with Gasteiger partial charge in [0.1, 0.15) is 5.75 Å². The molecule has 2 aromatic heterocycles. The third-order valence-corrected chi connectivity index (χ3v) is 3.77. The van der Waals surface area contributed by atoms with E-state index in [4.69, 9.17) is 4.74 Å². The van der Waals surface area contributed by atoms with Crippen LogP contribution in [-0.2, 0) is 0 Å². The fraction of sp³-hybridized carbons (Fsp3) is 0.111. The molecule has 0 atom stereocenters. The lowest BCUT2D eigenvalue weighted by Gasteiger charge is -2.12. The molecule has 0 bridgehead atoms. The summed E-state index contributed by atoms with van der Waals surface area (Å²) in [6, 6.07) is 12.9. The number of carbonyl (C=O) groups is 1. The molecule has 3 aromatic rings. The number of benzene rings is 1. The SMILES string of the molecule is COc1ccc(-c2cc(C(=O)O)c(C)n2-c2cccnc2)cc1. The fourth-order valence-electron chi connectivity index (χ4n) is 2.62. The van der Waals surface area contributed by atoms with Crippen LogP contribution in [0.3, 0.4) is 0 Å². The van der Waals surface area contributed by atoms with Gasteiger partial charge in [0.2, 0.25) is 0 Å². The van der Waals surface area contributed by atoms with Crippen molar-refractivity contribution in [2.24, 2.45) is 0 Å². The normalized spacial score (nSPS) is 10.5. The molecule has 0 saturated heterocycles. The van der Waals surface area contributed by atoms with Crippen molar-refractivity contribution in [2.75, 3.05) is 7.11 Å². The van der Waals surface area contributed by atoms with Crippen molar-refractivity contribution in [3.05, 3.63) is 66.1 Å². The van der Waals surface area contributed by atoms with Gasteiger partial charge in [-0.05, 0) is 55.0 Å². The van der Waals surface area contributed by atoms with Gasteiger partial charge < -0.3 is 14.4 Å². The third-order valence-electron chi connectivity index (χ3n) is 3.77. The van der Waals surface area contributed by atoms with Crippen LogP contribution in [0.15, 0.2) is 54.9 Å². The highest BCUT2D eigenvalue weighted by molar-refractivity contribution is 5.91. The summed E-state index contributed by atoms with van der Waals surface area (Å²) in [7, 11) is 1.61. The number of hydrogen-bond donors (Lipinski definition) is 1. The van der Waals surface area contributed by atoms with Gasteiger partial charge >= 0.3 is 5.97 Å². The molecule has 23 heavy (non-hydrogen) atoms. The molecule has 0 radical (unpaired) electrons. The summed E-state index contributed by atoms with van der Waals surface area (Å²) in [4.78, 5) is 15.6. The standard InChI is InChI=1S/C18H16N2O3/c1-12-16(18(21)22)10-17(13-5-7-15(23-2)8-6-13)20(12)14-4-3-9-19-11-14/h3-11H,1-2H3,(H,21,22). The zero-order valence-electron chi connectivity index (χ0n) is 12.9. The second-order valence-electron chi connectivity index (χ2n) is 5.11. The summed E-state index contributed by atoms with van der Waals surface area (Å²) in [6.07, 6.45) is 3.40. The number of carboxylic acids is 1. The lowest BCUT2D eigenvalue weighted by molar-refractivity contribution is 0.0696. The van der Waals surface area contributed by atoms with E-state index in [1.54, 1.807) is 32.5 Å². The van der Waals surface area contributed by atoms with Crippen LogP contribution in [0, 0.1) is 6.92 Å². The number of aromatic carboxylic acids is 1. The second kappa shape index (κ2) is 5.96. The summed E-state index contributed by atoms with van der Waals surface area (Å²) in [5, 5.41) is 9.43. The van der Waals surface area contributed by atoms with E-state index in [2.05, 4.69) is 4.98 Å². The largest absolute Gasteiger partial charge is 0.497 e. The lowest BCUT2D eigenvalue weighted by atomic mass is 10.1. The van der Waals surface area contributed by atoms with Gasteiger partial charge in [0.15, 0.2) is 0 Å². The number of carboxylic acid groups (broad SMARTS) is 1. The highest BCUT2D eigenvalue weighted by atomic mass is 16.5. The van der Waals surface area contributed by atoms with Gasteiger partial charge in [0, 0.05) is 11.9 Å². The van der Waals surface area contributed by atoms with Gasteiger partial charge in [-0.25, -0.2) is 4.79 Å². The number of ether oxygens (including phenoxy) is 1. The highest BCUT2D eigenvalue weighted by Crippen LogP contribution is 2.30. The third kappa shape index (κ3) is 2.68. The number of rotatable bonds is 4. The van der Waals surface area contributed by atoms with E-state index in [1.165, 1.54) is 0 Å². The summed E-state index contributed by atoms with van der Waals surface area (Å²) < 4.78 is 7.08. The molecule has 1 N–H and O–H groups in total. The van der Waals surface area contributed by atoms with E-state index in [1.807, 2.05) is 41.0 Å². The molecule has 5 heteroatoms. The van der Waals surface area contributed by atoms with Gasteiger partial charge in [0.05, 0.1) is 30.3 Å². The van der Waals surface area contributed by atoms with E-state index >= 15 is 0 Å². The highest BCUT2D eigenvalue weighted by Gasteiger charge is 2.19. The summed E-state index contributed by atoms with van der Waals surface area (Å²) >= 11 is 0. The quantitative estimate of drug-likeness (QED) is 0.800. The monoisotopic (exact) mass is 308 g/mol. The maximum absolute atomic E-state index is 11.5. The van der Waals surface area contributed by atoms with Crippen molar-refractivity contribution in [2.45, 2.75) is 6.92 Å². The van der Waals surface area contributed by atoms with Gasteiger partial charge in [-0.2, -0.15) is 0 Å². The Bertz CT molecular complexity index is 837. The van der Waals surface area contributed by atoms with Crippen molar-refractivity contribution in [3.8, 4) is 22.7 Å². The first-order valence-electron chi connectivity index (χ1n) is 7.12. The minimum absolute atomic E-state index is 0.277. The molecule has 2 heterocycles. The zero-order valence-corrected chi connectivity index (χ0v) is 12.9. The van der Waals surface area contributed by atoms with Crippen LogP contribution in [0.5, 0.6) is 5.75 Å². The van der Waals surface area contributed by atoms with Crippen LogP contribution in [0.4, 0.5) is 0 Å². The number of pyridine rings is 1. The van der Waals surface area contributed by atoms with Crippen LogP contribution in [-0.4, -0.2) is 27.7 Å². The zero-order chi connectivity index (χ0) is 16.4. The summed E-state index contributed by atoms with van der Waals surface area (Å²) in [6.45, 7) is 1.80. The number of hydrogen-bond acceptors (Lipinski definition) is 3. The summed E-state index contributed by atoms with van der Waals surface area (Å²) in [5.41, 5.74) is 3.47. The van der Waals surface area contributed by atoms with Gasteiger partial charge in [0.25, 0.3) is 0 Å². The lowest BCUT2D eigenvalue weighted by Crippen LogP contribution is -2.02. The molecule has 116 valence electrons. The molecule has 0 spiro atoms.